The highest BCUT2D eigenvalue weighted by molar-refractivity contribution is 5.81. The molecule has 3 N–H and O–H groups in total. The van der Waals surface area contributed by atoms with Crippen molar-refractivity contribution in [3.8, 4) is 0 Å². The molecule has 0 aliphatic rings. The number of nitrogens with zero attached hydrogens (tertiary/aromatic N) is 3. The molecular formula is C16H13N5O6. The SMILES string of the molecule is O=C(O)[C@@H](Cc1cc2ccccc2[nH]1)Nc1cc([N+](=O)[O-])cc([N+](=O)[O-])n1. The van der Waals surface area contributed by atoms with E-state index in [1.807, 2.05) is 24.3 Å². The Morgan fingerprint density at radius 1 is 1.19 bits per heavy atom. The van der Waals surface area contributed by atoms with Gasteiger partial charge in [-0.15, -0.1) is 0 Å². The maximum atomic E-state index is 11.6. The Hall–Kier alpha value is -4.02. The first-order valence-electron chi connectivity index (χ1n) is 7.70. The van der Waals surface area contributed by atoms with Gasteiger partial charge in [0, 0.05) is 17.6 Å². The fourth-order valence-corrected chi connectivity index (χ4v) is 2.62. The number of carboxylic acids is 1. The van der Waals surface area contributed by atoms with Crippen LogP contribution in [0.4, 0.5) is 17.3 Å². The summed E-state index contributed by atoms with van der Waals surface area (Å²) in [6, 6.07) is 9.63. The average Bonchev–Trinajstić information content (AvgIpc) is 3.03. The molecule has 11 heteroatoms. The maximum Gasteiger partial charge on any atom is 0.372 e. The molecule has 3 aromatic rings. The summed E-state index contributed by atoms with van der Waals surface area (Å²) >= 11 is 0. The van der Waals surface area contributed by atoms with E-state index >= 15 is 0 Å². The minimum absolute atomic E-state index is 0.0161. The van der Waals surface area contributed by atoms with Crippen molar-refractivity contribution in [2.24, 2.45) is 0 Å². The van der Waals surface area contributed by atoms with E-state index in [1.165, 1.54) is 0 Å². The fourth-order valence-electron chi connectivity index (χ4n) is 2.62. The highest BCUT2D eigenvalue weighted by Crippen LogP contribution is 2.23. The summed E-state index contributed by atoms with van der Waals surface area (Å²) in [5.74, 6) is -2.24. The molecule has 0 aliphatic carbocycles. The molecule has 0 unspecified atom stereocenters. The minimum atomic E-state index is -1.23. The summed E-state index contributed by atoms with van der Waals surface area (Å²) in [5.41, 5.74) is 0.894. The van der Waals surface area contributed by atoms with E-state index < -0.39 is 33.4 Å². The van der Waals surface area contributed by atoms with Crippen molar-refractivity contribution in [1.82, 2.24) is 9.97 Å². The third-order valence-electron chi connectivity index (χ3n) is 3.82. The van der Waals surface area contributed by atoms with Crippen molar-refractivity contribution >= 4 is 34.2 Å². The Kier molecular flexibility index (Phi) is 4.66. The zero-order valence-electron chi connectivity index (χ0n) is 13.7. The van der Waals surface area contributed by atoms with E-state index in [1.54, 1.807) is 6.07 Å². The van der Waals surface area contributed by atoms with Crippen LogP contribution in [0.1, 0.15) is 5.69 Å². The molecule has 1 atom stereocenters. The number of hydrogen-bond acceptors (Lipinski definition) is 7. The second-order valence-electron chi connectivity index (χ2n) is 5.70. The van der Waals surface area contributed by atoms with Crippen LogP contribution in [0.3, 0.4) is 0 Å². The van der Waals surface area contributed by atoms with E-state index in [9.17, 15) is 30.1 Å². The lowest BCUT2D eigenvalue weighted by Crippen LogP contribution is -2.32. The lowest BCUT2D eigenvalue weighted by molar-refractivity contribution is -0.397. The first-order valence-corrected chi connectivity index (χ1v) is 7.70. The summed E-state index contributed by atoms with van der Waals surface area (Å²) in [4.78, 5) is 38.5. The Bertz CT molecular complexity index is 981. The van der Waals surface area contributed by atoms with Crippen LogP contribution in [0, 0.1) is 20.2 Å². The molecule has 1 aromatic carbocycles. The number of hydrogen-bond donors (Lipinski definition) is 3. The second-order valence-corrected chi connectivity index (χ2v) is 5.70. The summed E-state index contributed by atoms with van der Waals surface area (Å²) in [6.07, 6.45) is 0.0161. The number of para-hydroxylation sites is 1. The van der Waals surface area contributed by atoms with Gasteiger partial charge in [0.05, 0.1) is 11.0 Å². The predicted octanol–water partition coefficient (Wildman–Crippen LogP) is 2.49. The molecule has 0 spiro atoms. The van der Waals surface area contributed by atoms with Crippen LogP contribution >= 0.6 is 0 Å². The van der Waals surface area contributed by atoms with Crippen molar-refractivity contribution in [3.63, 3.8) is 0 Å². The van der Waals surface area contributed by atoms with Crippen LogP contribution in [0.25, 0.3) is 10.9 Å². The normalized spacial score (nSPS) is 11.9. The number of aliphatic carboxylic acids is 1. The molecule has 138 valence electrons. The van der Waals surface area contributed by atoms with E-state index in [2.05, 4.69) is 15.3 Å². The smallest absolute Gasteiger partial charge is 0.372 e. The maximum absolute atomic E-state index is 11.6. The first kappa shape index (κ1) is 17.8. The van der Waals surface area contributed by atoms with Gasteiger partial charge < -0.3 is 25.5 Å². The largest absolute Gasteiger partial charge is 0.480 e. The number of pyridine rings is 1. The standard InChI is InChI=1S/C16H13N5O6/c22-16(23)13(6-10-5-9-3-1-2-4-12(9)17-10)18-14-7-11(20(24)25)8-15(19-14)21(26)27/h1-5,7-8,13,17H,6H2,(H,18,19)(H,22,23)/t13-/m1/s1. The molecule has 0 radical (unpaired) electrons. The summed E-state index contributed by atoms with van der Waals surface area (Å²) < 4.78 is 0. The van der Waals surface area contributed by atoms with Gasteiger partial charge in [0.15, 0.2) is 0 Å². The number of rotatable bonds is 7. The molecule has 0 aliphatic heterocycles. The number of fused-ring (bicyclic) bond motifs is 1. The molecule has 11 nitrogen and oxygen atoms in total. The van der Waals surface area contributed by atoms with Gasteiger partial charge in [0.2, 0.25) is 5.82 Å². The van der Waals surface area contributed by atoms with Gasteiger partial charge in [0.1, 0.15) is 12.1 Å². The molecule has 27 heavy (non-hydrogen) atoms. The number of aromatic amines is 1. The lowest BCUT2D eigenvalue weighted by Gasteiger charge is -2.12. The molecule has 0 saturated heterocycles. The Labute approximate surface area is 151 Å². The molecule has 0 bridgehead atoms. The van der Waals surface area contributed by atoms with Gasteiger partial charge in [-0.1, -0.05) is 18.2 Å². The Balaban J connectivity index is 1.89. The third kappa shape index (κ3) is 3.98. The number of carbonyl (C=O) groups is 1. The monoisotopic (exact) mass is 371 g/mol. The van der Waals surface area contributed by atoms with E-state index in [0.717, 1.165) is 17.0 Å². The van der Waals surface area contributed by atoms with E-state index in [4.69, 9.17) is 0 Å². The molecule has 2 heterocycles. The predicted molar refractivity (Wildman–Crippen MR) is 94.6 cm³/mol. The quantitative estimate of drug-likeness (QED) is 0.421. The van der Waals surface area contributed by atoms with Crippen LogP contribution in [-0.4, -0.2) is 36.9 Å². The molecule has 2 aromatic heterocycles. The number of H-pyrrole nitrogens is 1. The molecular weight excluding hydrogens is 358 g/mol. The number of nitro groups is 2. The summed E-state index contributed by atoms with van der Waals surface area (Å²) in [7, 11) is 0. The molecule has 0 saturated carbocycles. The topological polar surface area (TPSA) is 164 Å². The number of aromatic nitrogens is 2. The highest BCUT2D eigenvalue weighted by Gasteiger charge is 2.25. The van der Waals surface area contributed by atoms with Crippen molar-refractivity contribution in [3.05, 3.63) is 68.4 Å². The zero-order chi connectivity index (χ0) is 19.6. The van der Waals surface area contributed by atoms with Crippen molar-refractivity contribution in [2.45, 2.75) is 12.5 Å². The van der Waals surface area contributed by atoms with Crippen LogP contribution in [0.5, 0.6) is 0 Å². The van der Waals surface area contributed by atoms with E-state index in [-0.39, 0.29) is 12.2 Å². The van der Waals surface area contributed by atoms with Gasteiger partial charge >= 0.3 is 11.8 Å². The molecule has 0 fully saturated rings. The number of benzene rings is 1. The Morgan fingerprint density at radius 2 is 1.93 bits per heavy atom. The van der Waals surface area contributed by atoms with Gasteiger partial charge in [-0.25, -0.2) is 4.79 Å². The lowest BCUT2D eigenvalue weighted by atomic mass is 10.1. The number of anilines is 1. The third-order valence-corrected chi connectivity index (χ3v) is 3.82. The second kappa shape index (κ2) is 7.07. The highest BCUT2D eigenvalue weighted by atomic mass is 16.6. The van der Waals surface area contributed by atoms with E-state index in [0.29, 0.717) is 11.8 Å². The van der Waals surface area contributed by atoms with Crippen LogP contribution in [0.15, 0.2) is 42.5 Å². The van der Waals surface area contributed by atoms with Crippen LogP contribution in [0.2, 0.25) is 0 Å². The average molecular weight is 371 g/mol. The van der Waals surface area contributed by atoms with Gasteiger partial charge in [-0.2, -0.15) is 0 Å². The van der Waals surface area contributed by atoms with Crippen molar-refractivity contribution in [2.75, 3.05) is 5.32 Å². The van der Waals surface area contributed by atoms with Gasteiger partial charge in [-0.3, -0.25) is 10.1 Å². The first-order chi connectivity index (χ1) is 12.8. The zero-order valence-corrected chi connectivity index (χ0v) is 13.7. The van der Waals surface area contributed by atoms with Crippen LogP contribution in [-0.2, 0) is 11.2 Å². The van der Waals surface area contributed by atoms with Gasteiger partial charge in [0.25, 0.3) is 5.69 Å². The van der Waals surface area contributed by atoms with Crippen LogP contribution < -0.4 is 5.32 Å². The van der Waals surface area contributed by atoms with Crippen molar-refractivity contribution in [1.29, 1.82) is 0 Å². The number of nitrogens with one attached hydrogen (secondary N) is 2. The van der Waals surface area contributed by atoms with Crippen molar-refractivity contribution < 1.29 is 19.7 Å². The Morgan fingerprint density at radius 3 is 2.56 bits per heavy atom. The fraction of sp³-hybridized carbons (Fsp3) is 0.125. The molecule has 0 amide bonds. The number of carboxylic acid groups (broad SMARTS) is 1. The summed E-state index contributed by atoms with van der Waals surface area (Å²) in [6.45, 7) is 0. The summed E-state index contributed by atoms with van der Waals surface area (Å²) in [5, 5.41) is 34.7. The van der Waals surface area contributed by atoms with Gasteiger partial charge in [-0.05, 0) is 27.4 Å². The minimum Gasteiger partial charge on any atom is -0.480 e. The molecule has 3 rings (SSSR count).